The van der Waals surface area contributed by atoms with E-state index in [9.17, 15) is 4.79 Å². The summed E-state index contributed by atoms with van der Waals surface area (Å²) in [6.07, 6.45) is 0. The molecule has 0 atom stereocenters. The molecule has 0 bridgehead atoms. The highest BCUT2D eigenvalue weighted by molar-refractivity contribution is 5.94. The van der Waals surface area contributed by atoms with Gasteiger partial charge in [-0.3, -0.25) is 4.79 Å². The summed E-state index contributed by atoms with van der Waals surface area (Å²) in [5.74, 6) is 0.710. The fraction of sp³-hybridized carbons (Fsp3) is 0.286. The first-order valence-electron chi connectivity index (χ1n) is 9.11. The number of carbonyl (C=O) groups excluding carboxylic acids is 1. The van der Waals surface area contributed by atoms with Crippen LogP contribution in [0.3, 0.4) is 0 Å². The zero-order valence-corrected chi connectivity index (χ0v) is 15.8. The molecule has 1 amide bonds. The van der Waals surface area contributed by atoms with Gasteiger partial charge in [0.05, 0.1) is 6.54 Å². The Morgan fingerprint density at radius 3 is 2.44 bits per heavy atom. The molecular weight excluding hydrogens is 340 g/mol. The topological polar surface area (TPSA) is 71.3 Å². The van der Waals surface area contributed by atoms with E-state index >= 15 is 0 Å². The number of benzene rings is 2. The highest BCUT2D eigenvalue weighted by Crippen LogP contribution is 2.18. The van der Waals surface area contributed by atoms with Gasteiger partial charge in [-0.25, -0.2) is 0 Å². The van der Waals surface area contributed by atoms with Gasteiger partial charge < -0.3 is 14.7 Å². The molecule has 0 saturated heterocycles. The molecule has 2 aromatic carbocycles. The molecule has 27 heavy (non-hydrogen) atoms. The molecule has 3 rings (SSSR count). The van der Waals surface area contributed by atoms with E-state index in [-0.39, 0.29) is 12.5 Å². The first-order chi connectivity index (χ1) is 13.1. The van der Waals surface area contributed by atoms with E-state index in [2.05, 4.69) is 41.1 Å². The van der Waals surface area contributed by atoms with Crippen molar-refractivity contribution in [2.75, 3.05) is 11.4 Å². The first-order valence-corrected chi connectivity index (χ1v) is 9.11. The van der Waals surface area contributed by atoms with Gasteiger partial charge in [0.25, 0.3) is 5.91 Å². The Balaban J connectivity index is 1.60. The minimum absolute atomic E-state index is 0.173. The van der Waals surface area contributed by atoms with Gasteiger partial charge in [0.1, 0.15) is 0 Å². The van der Waals surface area contributed by atoms with E-state index in [1.165, 1.54) is 0 Å². The zero-order chi connectivity index (χ0) is 19.2. The summed E-state index contributed by atoms with van der Waals surface area (Å²) in [6, 6.07) is 17.6. The van der Waals surface area contributed by atoms with Crippen molar-refractivity contribution in [3.8, 4) is 11.4 Å². The second-order valence-electron chi connectivity index (χ2n) is 6.49. The quantitative estimate of drug-likeness (QED) is 0.688. The lowest BCUT2D eigenvalue weighted by molar-refractivity contribution is 0.0946. The molecule has 0 aliphatic rings. The summed E-state index contributed by atoms with van der Waals surface area (Å²) < 4.78 is 5.21. The SMILES string of the molecule is CCN(c1ccc(C(=O)NCc2nc(-c3ccccc3)no2)cc1)C(C)C. The zero-order valence-electron chi connectivity index (χ0n) is 15.8. The van der Waals surface area contributed by atoms with Crippen LogP contribution in [0.4, 0.5) is 5.69 Å². The number of hydrogen-bond acceptors (Lipinski definition) is 5. The third kappa shape index (κ3) is 4.53. The molecule has 140 valence electrons. The summed E-state index contributed by atoms with van der Waals surface area (Å²) in [5, 5.41) is 6.77. The summed E-state index contributed by atoms with van der Waals surface area (Å²) in [7, 11) is 0. The van der Waals surface area contributed by atoms with Crippen molar-refractivity contribution in [2.24, 2.45) is 0 Å². The molecule has 0 fully saturated rings. The van der Waals surface area contributed by atoms with E-state index in [1.807, 2.05) is 54.6 Å². The molecule has 0 radical (unpaired) electrons. The van der Waals surface area contributed by atoms with Crippen molar-refractivity contribution in [2.45, 2.75) is 33.4 Å². The van der Waals surface area contributed by atoms with Crippen molar-refractivity contribution < 1.29 is 9.32 Å². The molecule has 0 aliphatic heterocycles. The molecular formula is C21H24N4O2. The van der Waals surface area contributed by atoms with Gasteiger partial charge in [0, 0.05) is 29.4 Å². The van der Waals surface area contributed by atoms with E-state index in [0.717, 1.165) is 17.8 Å². The molecule has 3 aromatic rings. The second kappa shape index (κ2) is 8.49. The van der Waals surface area contributed by atoms with E-state index in [0.29, 0.717) is 23.3 Å². The van der Waals surface area contributed by atoms with Gasteiger partial charge in [-0.05, 0) is 45.0 Å². The van der Waals surface area contributed by atoms with Crippen molar-refractivity contribution in [3.05, 3.63) is 66.1 Å². The third-order valence-corrected chi connectivity index (χ3v) is 4.33. The lowest BCUT2D eigenvalue weighted by atomic mass is 10.1. The number of amides is 1. The predicted molar refractivity (Wildman–Crippen MR) is 106 cm³/mol. The average Bonchev–Trinajstić information content (AvgIpc) is 3.17. The lowest BCUT2D eigenvalue weighted by Crippen LogP contribution is -2.30. The fourth-order valence-electron chi connectivity index (χ4n) is 2.94. The number of carbonyl (C=O) groups is 1. The highest BCUT2D eigenvalue weighted by Gasteiger charge is 2.12. The smallest absolute Gasteiger partial charge is 0.251 e. The maximum Gasteiger partial charge on any atom is 0.251 e. The first kappa shape index (κ1) is 18.6. The molecule has 6 nitrogen and oxygen atoms in total. The van der Waals surface area contributed by atoms with Crippen LogP contribution in [0, 0.1) is 0 Å². The van der Waals surface area contributed by atoms with E-state index < -0.39 is 0 Å². The van der Waals surface area contributed by atoms with Crippen molar-refractivity contribution >= 4 is 11.6 Å². The van der Waals surface area contributed by atoms with E-state index in [4.69, 9.17) is 4.52 Å². The highest BCUT2D eigenvalue weighted by atomic mass is 16.5. The third-order valence-electron chi connectivity index (χ3n) is 4.33. The van der Waals surface area contributed by atoms with Crippen LogP contribution in [-0.4, -0.2) is 28.6 Å². The van der Waals surface area contributed by atoms with Gasteiger partial charge in [-0.2, -0.15) is 4.98 Å². The monoisotopic (exact) mass is 364 g/mol. The Hall–Kier alpha value is -3.15. The Morgan fingerprint density at radius 2 is 1.81 bits per heavy atom. The number of hydrogen-bond donors (Lipinski definition) is 1. The minimum Gasteiger partial charge on any atom is -0.369 e. The Labute approximate surface area is 159 Å². The average molecular weight is 364 g/mol. The number of anilines is 1. The molecule has 1 heterocycles. The van der Waals surface area contributed by atoms with Crippen molar-refractivity contribution in [1.29, 1.82) is 0 Å². The maximum atomic E-state index is 12.4. The Bertz CT molecular complexity index is 873. The molecule has 0 spiro atoms. The number of nitrogens with one attached hydrogen (secondary N) is 1. The molecule has 0 saturated carbocycles. The van der Waals surface area contributed by atoms with Crippen molar-refractivity contribution in [3.63, 3.8) is 0 Å². The van der Waals surface area contributed by atoms with Crippen LogP contribution in [0.5, 0.6) is 0 Å². The molecule has 0 unspecified atom stereocenters. The van der Waals surface area contributed by atoms with Crippen LogP contribution in [0.1, 0.15) is 37.0 Å². The van der Waals surface area contributed by atoms with Crippen LogP contribution >= 0.6 is 0 Å². The summed E-state index contributed by atoms with van der Waals surface area (Å²) in [5.41, 5.74) is 2.58. The van der Waals surface area contributed by atoms with Crippen molar-refractivity contribution in [1.82, 2.24) is 15.5 Å². The van der Waals surface area contributed by atoms with Crippen LogP contribution < -0.4 is 10.2 Å². The summed E-state index contributed by atoms with van der Waals surface area (Å²) in [6.45, 7) is 7.53. The Kier molecular flexibility index (Phi) is 5.86. The number of aromatic nitrogens is 2. The lowest BCUT2D eigenvalue weighted by Gasteiger charge is -2.27. The molecule has 6 heteroatoms. The number of nitrogens with zero attached hydrogens (tertiary/aromatic N) is 3. The van der Waals surface area contributed by atoms with E-state index in [1.54, 1.807) is 0 Å². The predicted octanol–water partition coefficient (Wildman–Crippen LogP) is 3.90. The normalized spacial score (nSPS) is 10.8. The standard InChI is InChI=1S/C21H24N4O2/c1-4-25(15(2)3)18-12-10-17(11-13-18)21(26)22-14-19-23-20(24-27-19)16-8-6-5-7-9-16/h5-13,15H,4,14H2,1-3H3,(H,22,26). The molecule has 0 aliphatic carbocycles. The fourth-order valence-corrected chi connectivity index (χ4v) is 2.94. The van der Waals surface area contributed by atoms with Gasteiger partial charge >= 0.3 is 0 Å². The molecule has 1 N–H and O–H groups in total. The number of rotatable bonds is 7. The van der Waals surface area contributed by atoms with Crippen LogP contribution in [0.2, 0.25) is 0 Å². The maximum absolute atomic E-state index is 12.4. The van der Waals surface area contributed by atoms with Gasteiger partial charge in [-0.15, -0.1) is 0 Å². The minimum atomic E-state index is -0.173. The van der Waals surface area contributed by atoms with Gasteiger partial charge in [0.2, 0.25) is 11.7 Å². The second-order valence-corrected chi connectivity index (χ2v) is 6.49. The van der Waals surface area contributed by atoms with Gasteiger partial charge in [-0.1, -0.05) is 35.5 Å². The summed E-state index contributed by atoms with van der Waals surface area (Å²) >= 11 is 0. The van der Waals surface area contributed by atoms with Gasteiger partial charge in [0.15, 0.2) is 0 Å². The van der Waals surface area contributed by atoms with Crippen LogP contribution in [0.25, 0.3) is 11.4 Å². The van der Waals surface area contributed by atoms with Crippen LogP contribution in [0.15, 0.2) is 59.1 Å². The Morgan fingerprint density at radius 1 is 1.11 bits per heavy atom. The van der Waals surface area contributed by atoms with Crippen LogP contribution in [-0.2, 0) is 6.54 Å². The largest absolute Gasteiger partial charge is 0.369 e. The summed E-state index contributed by atoms with van der Waals surface area (Å²) in [4.78, 5) is 18.9. The molecule has 1 aromatic heterocycles.